The maximum absolute atomic E-state index is 9.72. The van der Waals surface area contributed by atoms with E-state index in [0.29, 0.717) is 23.8 Å². The molecule has 1 aliphatic rings. The number of aromatic nitrogens is 6. The minimum Gasteiger partial charge on any atom is -0.390 e. The van der Waals surface area contributed by atoms with Crippen LogP contribution in [0.3, 0.4) is 0 Å². The van der Waals surface area contributed by atoms with Gasteiger partial charge in [-0.1, -0.05) is 73.5 Å². The van der Waals surface area contributed by atoms with Crippen LogP contribution in [0.25, 0.3) is 0 Å². The lowest BCUT2D eigenvalue weighted by Crippen LogP contribution is -2.31. The molecule has 1 atom stereocenters. The van der Waals surface area contributed by atoms with Gasteiger partial charge in [-0.2, -0.15) is 0 Å². The highest BCUT2D eigenvalue weighted by atomic mass is 35.5. The van der Waals surface area contributed by atoms with Gasteiger partial charge < -0.3 is 9.67 Å². The van der Waals surface area contributed by atoms with E-state index < -0.39 is 0 Å². The predicted octanol–water partition coefficient (Wildman–Crippen LogP) is 3.95. The molecule has 8 heteroatoms. The van der Waals surface area contributed by atoms with Gasteiger partial charge >= 0.3 is 0 Å². The second kappa shape index (κ2) is 9.58. The van der Waals surface area contributed by atoms with Gasteiger partial charge in [0, 0.05) is 24.8 Å². The first-order chi connectivity index (χ1) is 15.1. The molecule has 2 heterocycles. The van der Waals surface area contributed by atoms with Gasteiger partial charge in [-0.15, -0.1) is 5.10 Å². The van der Waals surface area contributed by atoms with Crippen molar-refractivity contribution in [1.82, 2.24) is 30.2 Å². The number of imidazole rings is 1. The Kier molecular flexibility index (Phi) is 6.63. The number of aliphatic hydroxyl groups excluding tert-OH is 1. The number of nitrogens with one attached hydrogen (secondary N) is 1. The summed E-state index contributed by atoms with van der Waals surface area (Å²) in [6, 6.07) is 10.5. The molecule has 0 spiro atoms. The average Bonchev–Trinajstić information content (AvgIpc) is 3.42. The lowest BCUT2D eigenvalue weighted by atomic mass is 9.74. The monoisotopic (exact) mass is 438 g/mol. The third-order valence-electron chi connectivity index (χ3n) is 5.85. The van der Waals surface area contributed by atoms with Gasteiger partial charge in [-0.05, 0) is 34.4 Å². The predicted molar refractivity (Wildman–Crippen MR) is 120 cm³/mol. The molecule has 162 valence electrons. The van der Waals surface area contributed by atoms with E-state index in [4.69, 9.17) is 11.6 Å². The van der Waals surface area contributed by atoms with Gasteiger partial charge in [0.25, 0.3) is 0 Å². The fourth-order valence-corrected chi connectivity index (χ4v) is 4.35. The van der Waals surface area contributed by atoms with Crippen LogP contribution in [0.4, 0.5) is 0 Å². The van der Waals surface area contributed by atoms with E-state index in [1.54, 1.807) is 0 Å². The van der Waals surface area contributed by atoms with E-state index in [0.717, 1.165) is 37.3 Å². The summed E-state index contributed by atoms with van der Waals surface area (Å²) in [5.41, 5.74) is 2.68. The minimum absolute atomic E-state index is 0.158. The van der Waals surface area contributed by atoms with Crippen LogP contribution in [-0.4, -0.2) is 35.3 Å². The Morgan fingerprint density at radius 1 is 1.26 bits per heavy atom. The Morgan fingerprint density at radius 2 is 2.10 bits per heavy atom. The molecule has 0 saturated heterocycles. The largest absolute Gasteiger partial charge is 0.390 e. The summed E-state index contributed by atoms with van der Waals surface area (Å²) in [5, 5.41) is 24.4. The second-order valence-corrected chi connectivity index (χ2v) is 8.33. The van der Waals surface area contributed by atoms with Crippen molar-refractivity contribution in [1.29, 1.82) is 0 Å². The van der Waals surface area contributed by atoms with Gasteiger partial charge in [0.2, 0.25) is 0 Å². The molecule has 0 saturated carbocycles. The number of aromatic amines is 1. The first-order valence-electron chi connectivity index (χ1n) is 10.7. The number of H-pyrrole nitrogens is 1. The standard InChI is InChI=1S/C23H27ClN6O/c1-2-3-9-21-25-19(15-31)22(24)30(21)16-23(18-7-5-4-6-8-18)12-10-17(11-13-23)14-20-26-28-29-27-20/h4-8,10-12,31H,2-3,9,13-16H2,1H3,(H,26,27,28,29). The van der Waals surface area contributed by atoms with Crippen molar-refractivity contribution >= 4 is 11.6 Å². The number of tetrazole rings is 1. The smallest absolute Gasteiger partial charge is 0.152 e. The van der Waals surface area contributed by atoms with Crippen molar-refractivity contribution < 1.29 is 5.11 Å². The molecule has 3 aromatic rings. The summed E-state index contributed by atoms with van der Waals surface area (Å²) in [6.07, 6.45) is 11.1. The lowest BCUT2D eigenvalue weighted by molar-refractivity contribution is 0.277. The van der Waals surface area contributed by atoms with Crippen LogP contribution in [-0.2, 0) is 31.4 Å². The topological polar surface area (TPSA) is 92.5 Å². The molecule has 0 radical (unpaired) electrons. The number of aliphatic hydroxyl groups is 1. The molecule has 1 unspecified atom stereocenters. The Morgan fingerprint density at radius 3 is 2.74 bits per heavy atom. The van der Waals surface area contributed by atoms with E-state index in [1.165, 1.54) is 11.1 Å². The summed E-state index contributed by atoms with van der Waals surface area (Å²) in [4.78, 5) is 4.64. The lowest BCUT2D eigenvalue weighted by Gasteiger charge is -2.34. The zero-order chi connectivity index (χ0) is 21.7. The number of benzene rings is 1. The van der Waals surface area contributed by atoms with Gasteiger partial charge in [0.15, 0.2) is 5.82 Å². The van der Waals surface area contributed by atoms with E-state index in [2.05, 4.69) is 79.6 Å². The summed E-state index contributed by atoms with van der Waals surface area (Å²) >= 11 is 6.68. The zero-order valence-electron chi connectivity index (χ0n) is 17.6. The molecular formula is C23H27ClN6O. The quantitative estimate of drug-likeness (QED) is 0.527. The maximum atomic E-state index is 9.72. The van der Waals surface area contributed by atoms with Crippen LogP contribution in [0.2, 0.25) is 5.15 Å². The summed E-state index contributed by atoms with van der Waals surface area (Å²) in [7, 11) is 0. The molecule has 0 aliphatic heterocycles. The maximum Gasteiger partial charge on any atom is 0.152 e. The van der Waals surface area contributed by atoms with Crippen LogP contribution >= 0.6 is 11.6 Å². The van der Waals surface area contributed by atoms with Gasteiger partial charge in [0.1, 0.15) is 16.7 Å². The van der Waals surface area contributed by atoms with Gasteiger partial charge in [0.05, 0.1) is 6.61 Å². The molecule has 1 aliphatic carbocycles. The zero-order valence-corrected chi connectivity index (χ0v) is 18.4. The van der Waals surface area contributed by atoms with Crippen molar-refractivity contribution in [2.45, 2.75) is 57.6 Å². The summed E-state index contributed by atoms with van der Waals surface area (Å²) in [5.74, 6) is 1.68. The fourth-order valence-electron chi connectivity index (χ4n) is 4.09. The van der Waals surface area contributed by atoms with E-state index in [1.807, 2.05) is 6.07 Å². The van der Waals surface area contributed by atoms with Gasteiger partial charge in [-0.3, -0.25) is 0 Å². The van der Waals surface area contributed by atoms with Crippen molar-refractivity contribution in [2.24, 2.45) is 0 Å². The third-order valence-corrected chi connectivity index (χ3v) is 6.27. The van der Waals surface area contributed by atoms with E-state index in [9.17, 15) is 5.11 Å². The van der Waals surface area contributed by atoms with Crippen LogP contribution in [0, 0.1) is 0 Å². The number of nitrogens with zero attached hydrogens (tertiary/aromatic N) is 5. The number of unbranched alkanes of at least 4 members (excludes halogenated alkanes) is 1. The fraction of sp³-hybridized carbons (Fsp3) is 0.391. The molecule has 0 bridgehead atoms. The number of aryl methyl sites for hydroxylation is 1. The summed E-state index contributed by atoms with van der Waals surface area (Å²) < 4.78 is 2.08. The number of allylic oxidation sites excluding steroid dienone is 4. The molecular weight excluding hydrogens is 412 g/mol. The van der Waals surface area contributed by atoms with Gasteiger partial charge in [-0.25, -0.2) is 10.1 Å². The molecule has 31 heavy (non-hydrogen) atoms. The Labute approximate surface area is 186 Å². The SMILES string of the molecule is CCCCc1nc(CO)c(Cl)n1CC1(c2ccccc2)C=CC(Cc2nnn[nH]2)=CC1. The van der Waals surface area contributed by atoms with Crippen molar-refractivity contribution in [3.8, 4) is 0 Å². The van der Waals surface area contributed by atoms with Crippen LogP contribution in [0.1, 0.15) is 49.1 Å². The van der Waals surface area contributed by atoms with Crippen LogP contribution in [0.5, 0.6) is 0 Å². The minimum atomic E-state index is -0.261. The molecule has 0 amide bonds. The number of hydrogen-bond acceptors (Lipinski definition) is 5. The highest BCUT2D eigenvalue weighted by molar-refractivity contribution is 6.30. The van der Waals surface area contributed by atoms with Crippen LogP contribution in [0.15, 0.2) is 54.1 Å². The first-order valence-corrected chi connectivity index (χ1v) is 11.0. The molecule has 0 fully saturated rings. The molecule has 2 aromatic heterocycles. The molecule has 4 rings (SSSR count). The first kappa shape index (κ1) is 21.5. The highest BCUT2D eigenvalue weighted by Crippen LogP contribution is 2.38. The second-order valence-electron chi connectivity index (χ2n) is 7.98. The Balaban J connectivity index is 1.68. The molecule has 1 aromatic carbocycles. The van der Waals surface area contributed by atoms with E-state index >= 15 is 0 Å². The number of hydrogen-bond donors (Lipinski definition) is 2. The highest BCUT2D eigenvalue weighted by Gasteiger charge is 2.33. The Bertz CT molecular complexity index is 1060. The number of rotatable bonds is 9. The molecule has 2 N–H and O–H groups in total. The summed E-state index contributed by atoms with van der Waals surface area (Å²) in [6.45, 7) is 2.66. The van der Waals surface area contributed by atoms with E-state index in [-0.39, 0.29) is 12.0 Å². The van der Waals surface area contributed by atoms with Crippen LogP contribution < -0.4 is 0 Å². The van der Waals surface area contributed by atoms with Crippen molar-refractivity contribution in [3.05, 3.63) is 82.2 Å². The normalized spacial score (nSPS) is 18.4. The van der Waals surface area contributed by atoms with Crippen molar-refractivity contribution in [2.75, 3.05) is 0 Å². The average molecular weight is 439 g/mol. The van der Waals surface area contributed by atoms with Crippen molar-refractivity contribution in [3.63, 3.8) is 0 Å². The Hall–Kier alpha value is -2.77. The third kappa shape index (κ3) is 4.62. The number of halogens is 1. The molecule has 7 nitrogen and oxygen atoms in total.